The molecular formula is C21H19FN2O2. The molecule has 2 aliphatic carbocycles. The van der Waals surface area contributed by atoms with E-state index in [0.717, 1.165) is 24.1 Å². The molecule has 2 aromatic rings. The quantitative estimate of drug-likeness (QED) is 0.652. The molecule has 2 unspecified atom stereocenters. The SMILES string of the molecule is O=C(NN=C1CC2C=CCC12)c1ccccc1OCc1ccc(F)cc1. The fourth-order valence-corrected chi connectivity index (χ4v) is 3.37. The van der Waals surface area contributed by atoms with E-state index >= 15 is 0 Å². The van der Waals surface area contributed by atoms with Crippen LogP contribution in [0.3, 0.4) is 0 Å². The maximum atomic E-state index is 13.0. The van der Waals surface area contributed by atoms with E-state index in [1.807, 2.05) is 6.07 Å². The minimum Gasteiger partial charge on any atom is -0.488 e. The van der Waals surface area contributed by atoms with Crippen LogP contribution in [0.15, 0.2) is 65.8 Å². The summed E-state index contributed by atoms with van der Waals surface area (Å²) in [6.07, 6.45) is 6.34. The third kappa shape index (κ3) is 3.38. The maximum absolute atomic E-state index is 13.0. The number of halogens is 1. The summed E-state index contributed by atoms with van der Waals surface area (Å²) in [4.78, 5) is 12.5. The first-order chi connectivity index (χ1) is 12.7. The Balaban J connectivity index is 1.41. The summed E-state index contributed by atoms with van der Waals surface area (Å²) in [5.74, 6) is 0.950. The zero-order chi connectivity index (χ0) is 17.9. The number of ether oxygens (including phenoxy) is 1. The number of hydrogen-bond acceptors (Lipinski definition) is 3. The average Bonchev–Trinajstić information content (AvgIpc) is 3.02. The fourth-order valence-electron chi connectivity index (χ4n) is 3.37. The average molecular weight is 350 g/mol. The van der Waals surface area contributed by atoms with Crippen molar-refractivity contribution in [1.82, 2.24) is 5.43 Å². The molecule has 2 atom stereocenters. The highest BCUT2D eigenvalue weighted by molar-refractivity contribution is 5.99. The number of hydrazone groups is 1. The second kappa shape index (κ2) is 7.12. The third-order valence-corrected chi connectivity index (χ3v) is 4.90. The van der Waals surface area contributed by atoms with Gasteiger partial charge in [0, 0.05) is 11.6 Å². The maximum Gasteiger partial charge on any atom is 0.275 e. The van der Waals surface area contributed by atoms with E-state index in [1.54, 1.807) is 30.3 Å². The molecule has 1 saturated carbocycles. The van der Waals surface area contributed by atoms with Gasteiger partial charge in [0.05, 0.1) is 5.56 Å². The Morgan fingerprint density at radius 1 is 1.19 bits per heavy atom. The van der Waals surface area contributed by atoms with Gasteiger partial charge in [-0.25, -0.2) is 9.82 Å². The minimum absolute atomic E-state index is 0.258. The molecule has 0 aromatic heterocycles. The number of fused-ring (bicyclic) bond motifs is 1. The summed E-state index contributed by atoms with van der Waals surface area (Å²) < 4.78 is 18.7. The van der Waals surface area contributed by atoms with Crippen LogP contribution < -0.4 is 10.2 Å². The van der Waals surface area contributed by atoms with Gasteiger partial charge < -0.3 is 4.74 Å². The van der Waals surface area contributed by atoms with Crippen LogP contribution in [0.1, 0.15) is 28.8 Å². The molecule has 0 radical (unpaired) electrons. The molecule has 5 heteroatoms. The highest BCUT2D eigenvalue weighted by atomic mass is 19.1. The zero-order valence-electron chi connectivity index (χ0n) is 14.2. The molecular weight excluding hydrogens is 331 g/mol. The van der Waals surface area contributed by atoms with Crippen molar-refractivity contribution in [3.8, 4) is 5.75 Å². The Morgan fingerprint density at radius 2 is 2.00 bits per heavy atom. The Bertz CT molecular complexity index is 874. The lowest BCUT2D eigenvalue weighted by atomic mass is 9.74. The van der Waals surface area contributed by atoms with Crippen LogP contribution in [-0.4, -0.2) is 11.6 Å². The molecule has 1 N–H and O–H groups in total. The summed E-state index contributed by atoms with van der Waals surface area (Å²) in [5.41, 5.74) is 4.96. The molecule has 1 amide bonds. The van der Waals surface area contributed by atoms with Crippen LogP contribution in [0, 0.1) is 17.7 Å². The van der Waals surface area contributed by atoms with Crippen molar-refractivity contribution in [2.24, 2.45) is 16.9 Å². The van der Waals surface area contributed by atoms with E-state index in [-0.39, 0.29) is 18.3 Å². The standard InChI is InChI=1S/C21H19FN2O2/c22-16-10-8-14(9-11-16)13-26-20-7-2-1-5-18(20)21(25)24-23-19-12-15-4-3-6-17(15)19/h1-5,7-11,15,17H,6,12-13H2,(H,24,25). The normalized spacial score (nSPS) is 22.0. The van der Waals surface area contributed by atoms with E-state index in [4.69, 9.17) is 4.74 Å². The Labute approximate surface area is 151 Å². The van der Waals surface area contributed by atoms with E-state index in [0.29, 0.717) is 23.1 Å². The monoisotopic (exact) mass is 350 g/mol. The number of rotatable bonds is 5. The van der Waals surface area contributed by atoms with Crippen LogP contribution >= 0.6 is 0 Å². The fraction of sp³-hybridized carbons (Fsp3) is 0.238. The summed E-state index contributed by atoms with van der Waals surface area (Å²) in [7, 11) is 0. The molecule has 0 saturated heterocycles. The van der Waals surface area contributed by atoms with Crippen molar-refractivity contribution in [2.75, 3.05) is 0 Å². The van der Waals surface area contributed by atoms with Crippen LogP contribution in [0.5, 0.6) is 5.75 Å². The van der Waals surface area contributed by atoms with Crippen LogP contribution in [0.25, 0.3) is 0 Å². The minimum atomic E-state index is -0.290. The number of carbonyl (C=O) groups excluding carboxylic acids is 1. The second-order valence-electron chi connectivity index (χ2n) is 6.59. The van der Waals surface area contributed by atoms with Crippen molar-refractivity contribution in [2.45, 2.75) is 19.4 Å². The van der Waals surface area contributed by atoms with Crippen molar-refractivity contribution in [3.63, 3.8) is 0 Å². The Kier molecular flexibility index (Phi) is 4.52. The van der Waals surface area contributed by atoms with Gasteiger partial charge in [0.25, 0.3) is 5.91 Å². The van der Waals surface area contributed by atoms with Crippen molar-refractivity contribution in [1.29, 1.82) is 0 Å². The molecule has 1 fully saturated rings. The largest absolute Gasteiger partial charge is 0.488 e. The van der Waals surface area contributed by atoms with E-state index in [9.17, 15) is 9.18 Å². The van der Waals surface area contributed by atoms with E-state index < -0.39 is 0 Å². The summed E-state index contributed by atoms with van der Waals surface area (Å²) in [5, 5.41) is 4.30. The first-order valence-electron chi connectivity index (χ1n) is 8.70. The van der Waals surface area contributed by atoms with Crippen molar-refractivity contribution < 1.29 is 13.9 Å². The molecule has 2 aliphatic rings. The van der Waals surface area contributed by atoms with Gasteiger partial charge in [0.15, 0.2) is 0 Å². The van der Waals surface area contributed by atoms with Crippen LogP contribution in [0.4, 0.5) is 4.39 Å². The van der Waals surface area contributed by atoms with Crippen LogP contribution in [-0.2, 0) is 6.61 Å². The van der Waals surface area contributed by atoms with Gasteiger partial charge in [-0.05, 0) is 48.6 Å². The number of carbonyl (C=O) groups is 1. The first-order valence-corrected chi connectivity index (χ1v) is 8.70. The lowest BCUT2D eigenvalue weighted by Gasteiger charge is -2.31. The highest BCUT2D eigenvalue weighted by Crippen LogP contribution is 2.40. The smallest absolute Gasteiger partial charge is 0.275 e. The molecule has 4 nitrogen and oxygen atoms in total. The molecule has 2 aromatic carbocycles. The molecule has 0 heterocycles. The van der Waals surface area contributed by atoms with Gasteiger partial charge in [0.2, 0.25) is 0 Å². The predicted molar refractivity (Wildman–Crippen MR) is 97.4 cm³/mol. The topological polar surface area (TPSA) is 50.7 Å². The first kappa shape index (κ1) is 16.5. The van der Waals surface area contributed by atoms with E-state index in [2.05, 4.69) is 22.7 Å². The van der Waals surface area contributed by atoms with Crippen molar-refractivity contribution in [3.05, 3.63) is 77.6 Å². The predicted octanol–water partition coefficient (Wildman–Crippen LogP) is 4.09. The number of nitrogens with one attached hydrogen (secondary N) is 1. The van der Waals surface area contributed by atoms with Crippen LogP contribution in [0.2, 0.25) is 0 Å². The third-order valence-electron chi connectivity index (χ3n) is 4.90. The van der Waals surface area contributed by atoms with Gasteiger partial charge in [-0.3, -0.25) is 4.79 Å². The second-order valence-corrected chi connectivity index (χ2v) is 6.59. The Hall–Kier alpha value is -2.95. The Morgan fingerprint density at radius 3 is 2.81 bits per heavy atom. The molecule has 4 rings (SSSR count). The molecule has 26 heavy (non-hydrogen) atoms. The lowest BCUT2D eigenvalue weighted by molar-refractivity contribution is 0.0949. The van der Waals surface area contributed by atoms with Gasteiger partial charge in [-0.2, -0.15) is 5.10 Å². The van der Waals surface area contributed by atoms with Gasteiger partial charge in [-0.1, -0.05) is 36.4 Å². The molecule has 0 bridgehead atoms. The highest BCUT2D eigenvalue weighted by Gasteiger charge is 2.38. The molecule has 0 spiro atoms. The number of para-hydroxylation sites is 1. The number of nitrogens with zero attached hydrogens (tertiary/aromatic N) is 1. The number of hydrogen-bond donors (Lipinski definition) is 1. The molecule has 132 valence electrons. The van der Waals surface area contributed by atoms with E-state index in [1.165, 1.54) is 12.1 Å². The molecule has 0 aliphatic heterocycles. The van der Waals surface area contributed by atoms with Gasteiger partial charge in [0.1, 0.15) is 18.2 Å². The zero-order valence-corrected chi connectivity index (χ0v) is 14.2. The number of benzene rings is 2. The lowest BCUT2D eigenvalue weighted by Crippen LogP contribution is -2.35. The van der Waals surface area contributed by atoms with Gasteiger partial charge in [-0.15, -0.1) is 0 Å². The number of amides is 1. The van der Waals surface area contributed by atoms with Crippen molar-refractivity contribution >= 4 is 11.6 Å². The van der Waals surface area contributed by atoms with Gasteiger partial charge >= 0.3 is 0 Å². The summed E-state index contributed by atoms with van der Waals surface area (Å²) in [6, 6.07) is 13.1. The summed E-state index contributed by atoms with van der Waals surface area (Å²) in [6.45, 7) is 0.258. The summed E-state index contributed by atoms with van der Waals surface area (Å²) >= 11 is 0. The number of allylic oxidation sites excluding steroid dienone is 2.